The topological polar surface area (TPSA) is 166 Å². The quantitative estimate of drug-likeness (QED) is 0.0247. The number of aliphatic hydroxyl groups excluding tert-OH is 4. The Morgan fingerprint density at radius 3 is 0.875 bits per heavy atom. The van der Waals surface area contributed by atoms with Crippen LogP contribution in [0.25, 0.3) is 0 Å². The highest BCUT2D eigenvalue weighted by Crippen LogP contribution is 2.53. The van der Waals surface area contributed by atoms with E-state index in [1.54, 1.807) is 51.2 Å². The number of aliphatic hydroxyl groups is 4. The molecule has 2 heterocycles. The molecule has 4 aromatic carbocycles. The van der Waals surface area contributed by atoms with Gasteiger partial charge in [-0.2, -0.15) is 10.0 Å². The van der Waals surface area contributed by atoms with E-state index in [1.807, 2.05) is 48.5 Å². The number of para-hydroxylation sites is 4. The summed E-state index contributed by atoms with van der Waals surface area (Å²) < 4.78 is -0.0941. The van der Waals surface area contributed by atoms with Crippen molar-refractivity contribution < 1.29 is 39.6 Å². The summed E-state index contributed by atoms with van der Waals surface area (Å²) in [4.78, 5) is 22.2. The van der Waals surface area contributed by atoms with Crippen molar-refractivity contribution in [2.24, 2.45) is 5.50 Å². The summed E-state index contributed by atoms with van der Waals surface area (Å²) in [5.74, 6) is 0. The molecule has 4 aromatic rings. The maximum absolute atomic E-state index is 11.3. The van der Waals surface area contributed by atoms with Gasteiger partial charge in [0.05, 0.1) is 26.2 Å². The molecule has 6 N–H and O–H groups in total. The van der Waals surface area contributed by atoms with Gasteiger partial charge in [0.1, 0.15) is 22.7 Å². The molecule has 0 aliphatic carbocycles. The Labute approximate surface area is 392 Å². The van der Waals surface area contributed by atoms with Crippen LogP contribution in [0.3, 0.4) is 0 Å². The van der Waals surface area contributed by atoms with Gasteiger partial charge in [-0.3, -0.25) is 0 Å². The van der Waals surface area contributed by atoms with Gasteiger partial charge in [0.2, 0.25) is 24.9 Å². The number of benzene rings is 4. The fourth-order valence-electron chi connectivity index (χ4n) is 8.78. The van der Waals surface area contributed by atoms with Gasteiger partial charge >= 0.3 is 0 Å². The average Bonchev–Trinajstić information content (AvgIpc) is 3.27. The molecular weight excluding hydrogens is 866 g/mol. The Morgan fingerprint density at radius 1 is 0.484 bits per heavy atom. The highest BCUT2D eigenvalue weighted by Gasteiger charge is 2.55. The fourth-order valence-corrected chi connectivity index (χ4v) is 10.9. The summed E-state index contributed by atoms with van der Waals surface area (Å²) in [6.45, 7) is 19.1. The third-order valence-electron chi connectivity index (χ3n) is 11.6. The minimum atomic E-state index is -2.62. The molecule has 64 heavy (non-hydrogen) atoms. The Kier molecular flexibility index (Phi) is 21.8. The molecule has 0 radical (unpaired) electrons. The number of nitrogens with zero attached hydrogens (tertiary/aromatic N) is 6. The summed E-state index contributed by atoms with van der Waals surface area (Å²) in [5.41, 5.74) is 8.12. The first-order valence-corrected chi connectivity index (χ1v) is 25.8. The Hall–Kier alpha value is -2.83. The maximum Gasteiger partial charge on any atom is 0.231 e. The summed E-state index contributed by atoms with van der Waals surface area (Å²) in [6.07, 6.45) is 4.96. The van der Waals surface area contributed by atoms with Crippen molar-refractivity contribution in [3.8, 4) is 0 Å². The van der Waals surface area contributed by atoms with Crippen molar-refractivity contribution in [3.05, 3.63) is 97.1 Å². The van der Waals surface area contributed by atoms with Gasteiger partial charge in [0.15, 0.2) is 0 Å². The van der Waals surface area contributed by atoms with E-state index in [1.165, 1.54) is 0 Å². The van der Waals surface area contributed by atoms with Crippen LogP contribution >= 0.6 is 32.0 Å². The molecule has 0 fully saturated rings. The van der Waals surface area contributed by atoms with E-state index in [0.29, 0.717) is 0 Å². The first-order valence-electron chi connectivity index (χ1n) is 22.9. The van der Waals surface area contributed by atoms with E-state index in [9.17, 15) is 20.4 Å². The summed E-state index contributed by atoms with van der Waals surface area (Å²) in [7, 11) is -2.62. The highest BCUT2D eigenvalue weighted by atomic mass is 32.2. The molecule has 4 unspecified atom stereocenters. The molecule has 0 saturated heterocycles. The van der Waals surface area contributed by atoms with Crippen LogP contribution in [0, 0.1) is 0 Å². The normalized spacial score (nSPS) is 16.7. The van der Waals surface area contributed by atoms with Crippen LogP contribution in [-0.2, 0) is 0 Å². The number of anilines is 4. The lowest BCUT2D eigenvalue weighted by Crippen LogP contribution is -2.75. The highest BCUT2D eigenvalue weighted by molar-refractivity contribution is 8.00. The average molecular weight is 940 g/mol. The second kappa shape index (κ2) is 25.9. The minimum absolute atomic E-state index is 0.0470. The standard InChI is InChI=1S/2C24H36N3O2S.H2NO2P/c2*1-5-7-17-25(18-8-6-2)27(19(3)28,20(4)29)26-21-13-9-11-15-23(21)30-24-16-12-10-14-22(24)26;1-4(2)3/h2*9-16,19-20,28-29H,5-8,17-18H2,1-4H3;1H2/q2*+1;-2. The predicted molar refractivity (Wildman–Crippen MR) is 259 cm³/mol. The van der Waals surface area contributed by atoms with Crippen molar-refractivity contribution >= 4 is 54.8 Å². The lowest BCUT2D eigenvalue weighted by molar-refractivity contribution is -1.10. The van der Waals surface area contributed by atoms with Gasteiger partial charge in [-0.25, -0.2) is 8.53 Å². The van der Waals surface area contributed by atoms with Crippen molar-refractivity contribution in [2.45, 2.75) is 151 Å². The number of unbranched alkanes of at least 4 members (excludes halogenated alkanes) is 4. The number of hydrogen-bond acceptors (Lipinski definition) is 13. The minimum Gasteiger partial charge on any atom is -0.830 e. The molecule has 0 bridgehead atoms. The van der Waals surface area contributed by atoms with E-state index in [0.717, 1.165) is 120 Å². The Morgan fingerprint density at radius 2 is 0.688 bits per heavy atom. The van der Waals surface area contributed by atoms with E-state index in [2.05, 4.69) is 102 Å². The van der Waals surface area contributed by atoms with Gasteiger partial charge in [0.25, 0.3) is 0 Å². The van der Waals surface area contributed by atoms with Crippen molar-refractivity contribution in [3.63, 3.8) is 0 Å². The molecule has 16 heteroatoms. The lowest BCUT2D eigenvalue weighted by atomic mass is 10.2. The monoisotopic (exact) mass is 939 g/mol. The second-order valence-corrected chi connectivity index (χ2v) is 19.0. The van der Waals surface area contributed by atoms with Gasteiger partial charge in [-0.1, -0.05) is 135 Å². The first kappa shape index (κ1) is 53.8. The number of fused-ring (bicyclic) bond motifs is 4. The third-order valence-corrected chi connectivity index (χ3v) is 13.9. The zero-order chi connectivity index (χ0) is 47.0. The molecule has 4 atom stereocenters. The molecular formula is C48H74N7O6PS2. The lowest BCUT2D eigenvalue weighted by Gasteiger charge is -2.55. The van der Waals surface area contributed by atoms with Crippen LogP contribution in [0.1, 0.15) is 107 Å². The molecule has 13 nitrogen and oxygen atoms in total. The van der Waals surface area contributed by atoms with Crippen molar-refractivity contribution in [1.29, 1.82) is 0 Å². The van der Waals surface area contributed by atoms with E-state index in [-0.39, 0.29) is 9.40 Å². The van der Waals surface area contributed by atoms with Crippen LogP contribution < -0.4 is 25.3 Å². The number of rotatable bonds is 20. The fraction of sp³-hybridized carbons (Fsp3) is 0.500. The van der Waals surface area contributed by atoms with Gasteiger partial charge in [0, 0.05) is 47.3 Å². The van der Waals surface area contributed by atoms with Crippen LogP contribution in [0.5, 0.6) is 0 Å². The van der Waals surface area contributed by atoms with Gasteiger partial charge < -0.3 is 35.7 Å². The molecule has 354 valence electrons. The molecule has 0 amide bonds. The third kappa shape index (κ3) is 12.0. The molecule has 0 spiro atoms. The molecule has 2 aliphatic heterocycles. The largest absolute Gasteiger partial charge is 0.830 e. The number of nitrogens with two attached hydrogens (primary N) is 1. The number of quaternary nitrogens is 2. The summed E-state index contributed by atoms with van der Waals surface area (Å²) in [6, 6.07) is 33.1. The van der Waals surface area contributed by atoms with E-state index in [4.69, 9.17) is 9.79 Å². The zero-order valence-electron chi connectivity index (χ0n) is 39.2. The van der Waals surface area contributed by atoms with Gasteiger partial charge in [-0.15, -0.1) is 10.0 Å². The van der Waals surface area contributed by atoms with Crippen LogP contribution in [0.15, 0.2) is 117 Å². The van der Waals surface area contributed by atoms with Crippen LogP contribution in [0.2, 0.25) is 0 Å². The van der Waals surface area contributed by atoms with E-state index >= 15 is 0 Å². The van der Waals surface area contributed by atoms with Crippen molar-refractivity contribution in [1.82, 2.24) is 10.0 Å². The summed E-state index contributed by atoms with van der Waals surface area (Å²) >= 11 is 3.48. The van der Waals surface area contributed by atoms with Crippen molar-refractivity contribution in [2.75, 3.05) is 36.2 Å². The smallest absolute Gasteiger partial charge is 0.231 e. The van der Waals surface area contributed by atoms with Crippen LogP contribution in [0.4, 0.5) is 22.7 Å². The molecule has 0 aromatic heterocycles. The van der Waals surface area contributed by atoms with Gasteiger partial charge in [-0.05, 0) is 74.2 Å². The Bertz CT molecular complexity index is 1730. The van der Waals surface area contributed by atoms with Crippen LogP contribution in [-0.4, -0.2) is 90.9 Å². The molecule has 6 rings (SSSR count). The summed E-state index contributed by atoms with van der Waals surface area (Å²) in [5, 5.41) is 54.2. The molecule has 2 aliphatic rings. The maximum atomic E-state index is 11.3. The predicted octanol–water partition coefficient (Wildman–Crippen LogP) is 8.92. The number of hydrogen-bond donors (Lipinski definition) is 5. The molecule has 0 saturated carbocycles. The zero-order valence-corrected chi connectivity index (χ0v) is 41.7. The SMILES string of the molecule is CCCCN(CCCC)[N+](C(C)O)(C(C)O)N1c2ccccc2Sc2ccccc21.CCCCN(CCCC)[N+](C(C)O)(C(C)O)N1c2ccccc2Sc2ccccc21.NP([O-])[O-]. The first-order chi connectivity index (χ1) is 30.7. The second-order valence-electron chi connectivity index (χ2n) is 16.2. The van der Waals surface area contributed by atoms with E-state index < -0.39 is 33.4 Å². The Balaban J connectivity index is 0.000000259.